The van der Waals surface area contributed by atoms with Crippen molar-refractivity contribution in [2.75, 3.05) is 19.6 Å². The van der Waals surface area contributed by atoms with E-state index in [2.05, 4.69) is 5.32 Å². The van der Waals surface area contributed by atoms with Gasteiger partial charge in [-0.1, -0.05) is 6.92 Å². The van der Waals surface area contributed by atoms with E-state index in [0.29, 0.717) is 19.4 Å². The van der Waals surface area contributed by atoms with Gasteiger partial charge in [-0.05, 0) is 25.0 Å². The van der Waals surface area contributed by atoms with E-state index in [1.807, 2.05) is 0 Å². The summed E-state index contributed by atoms with van der Waals surface area (Å²) in [5.41, 5.74) is 0. The van der Waals surface area contributed by atoms with Gasteiger partial charge in [-0.25, -0.2) is 8.42 Å². The van der Waals surface area contributed by atoms with E-state index in [0.717, 1.165) is 20.5 Å². The molecule has 0 unspecified atom stereocenters. The number of hydrogen-bond donors (Lipinski definition) is 2. The highest BCUT2D eigenvalue weighted by molar-refractivity contribution is 7.91. The molecular weight excluding hydrogens is 328 g/mol. The number of carboxylic acids is 1. The number of aliphatic carboxylic acids is 1. The normalized spacial score (nSPS) is 11.6. The molecule has 2 N–H and O–H groups in total. The van der Waals surface area contributed by atoms with Crippen molar-refractivity contribution in [1.29, 1.82) is 0 Å². The van der Waals surface area contributed by atoms with E-state index in [9.17, 15) is 18.0 Å². The fourth-order valence-corrected chi connectivity index (χ4v) is 4.80. The highest BCUT2D eigenvalue weighted by Gasteiger charge is 2.27. The zero-order valence-electron chi connectivity index (χ0n) is 12.5. The number of rotatable bonds is 9. The third-order valence-corrected chi connectivity index (χ3v) is 6.22. The summed E-state index contributed by atoms with van der Waals surface area (Å²) in [6.07, 6.45) is 1.07. The van der Waals surface area contributed by atoms with Gasteiger partial charge in [-0.2, -0.15) is 4.31 Å². The minimum atomic E-state index is -3.80. The van der Waals surface area contributed by atoms with Gasteiger partial charge in [0.25, 0.3) is 10.0 Å². The lowest BCUT2D eigenvalue weighted by molar-refractivity contribution is -0.137. The van der Waals surface area contributed by atoms with E-state index in [4.69, 9.17) is 5.11 Å². The van der Waals surface area contributed by atoms with E-state index in [-0.39, 0.29) is 16.7 Å². The van der Waals surface area contributed by atoms with Gasteiger partial charge in [-0.3, -0.25) is 9.59 Å². The summed E-state index contributed by atoms with van der Waals surface area (Å²) >= 11 is 1.10. The van der Waals surface area contributed by atoms with Crippen LogP contribution in [0.2, 0.25) is 0 Å². The highest BCUT2D eigenvalue weighted by atomic mass is 32.2. The predicted octanol–water partition coefficient (Wildman–Crippen LogP) is 0.912. The quantitative estimate of drug-likeness (QED) is 0.690. The highest BCUT2D eigenvalue weighted by Crippen LogP contribution is 2.25. The molecule has 7 nitrogen and oxygen atoms in total. The Morgan fingerprint density at radius 1 is 1.36 bits per heavy atom. The summed E-state index contributed by atoms with van der Waals surface area (Å²) in [6, 6.07) is 3.16. The van der Waals surface area contributed by atoms with Crippen LogP contribution < -0.4 is 5.32 Å². The SMILES string of the molecule is CCCN(CC(=O)O)S(=O)(=O)c1ccc(CCNC(C)=O)s1. The second-order valence-corrected chi connectivity index (χ2v) is 8.02. The zero-order chi connectivity index (χ0) is 16.8. The molecule has 1 heterocycles. The van der Waals surface area contributed by atoms with Gasteiger partial charge in [0.15, 0.2) is 0 Å². The zero-order valence-corrected chi connectivity index (χ0v) is 14.2. The summed E-state index contributed by atoms with van der Waals surface area (Å²) < 4.78 is 26.0. The van der Waals surface area contributed by atoms with Crippen LogP contribution in [-0.2, 0) is 26.0 Å². The Morgan fingerprint density at radius 3 is 2.59 bits per heavy atom. The molecule has 0 bridgehead atoms. The first-order valence-electron chi connectivity index (χ1n) is 6.82. The number of nitrogens with zero attached hydrogens (tertiary/aromatic N) is 1. The van der Waals surface area contributed by atoms with Crippen LogP contribution in [0.1, 0.15) is 25.1 Å². The minimum absolute atomic E-state index is 0.125. The van der Waals surface area contributed by atoms with Gasteiger partial charge in [-0.15, -0.1) is 11.3 Å². The summed E-state index contributed by atoms with van der Waals surface area (Å²) in [7, 11) is -3.80. The molecule has 1 aromatic heterocycles. The lowest BCUT2D eigenvalue weighted by Gasteiger charge is -2.18. The molecule has 1 rings (SSSR count). The fraction of sp³-hybridized carbons (Fsp3) is 0.538. The summed E-state index contributed by atoms with van der Waals surface area (Å²) in [5, 5.41) is 11.5. The van der Waals surface area contributed by atoms with Crippen molar-refractivity contribution in [3.05, 3.63) is 17.0 Å². The molecule has 0 fully saturated rings. The van der Waals surface area contributed by atoms with Crippen LogP contribution in [-0.4, -0.2) is 49.3 Å². The first-order valence-corrected chi connectivity index (χ1v) is 9.08. The Morgan fingerprint density at radius 2 is 2.05 bits per heavy atom. The Bertz CT molecular complexity index is 624. The van der Waals surface area contributed by atoms with Crippen LogP contribution in [0.25, 0.3) is 0 Å². The van der Waals surface area contributed by atoms with Crippen molar-refractivity contribution < 1.29 is 23.1 Å². The second kappa shape index (κ2) is 8.25. The first kappa shape index (κ1) is 18.6. The molecule has 0 atom stereocenters. The molecule has 0 aliphatic heterocycles. The minimum Gasteiger partial charge on any atom is -0.480 e. The standard InChI is InChI=1S/C13H20N2O5S2/c1-3-8-15(9-12(17)18)22(19,20)13-5-4-11(21-13)6-7-14-10(2)16/h4-5H,3,6-9H2,1-2H3,(H,14,16)(H,17,18). The van der Waals surface area contributed by atoms with Crippen LogP contribution >= 0.6 is 11.3 Å². The Hall–Kier alpha value is -1.45. The van der Waals surface area contributed by atoms with E-state index >= 15 is 0 Å². The molecule has 124 valence electrons. The molecule has 0 radical (unpaired) electrons. The molecule has 1 aromatic rings. The third-order valence-electron chi connectivity index (χ3n) is 2.76. The Labute approximate surface area is 134 Å². The van der Waals surface area contributed by atoms with Crippen molar-refractivity contribution in [3.8, 4) is 0 Å². The fourth-order valence-electron chi connectivity index (χ4n) is 1.80. The van der Waals surface area contributed by atoms with Crippen molar-refractivity contribution in [2.45, 2.75) is 30.9 Å². The number of hydrogen-bond acceptors (Lipinski definition) is 5. The van der Waals surface area contributed by atoms with Crippen molar-refractivity contribution >= 4 is 33.2 Å². The van der Waals surface area contributed by atoms with Crippen molar-refractivity contribution in [1.82, 2.24) is 9.62 Å². The van der Waals surface area contributed by atoms with Gasteiger partial charge < -0.3 is 10.4 Å². The average molecular weight is 348 g/mol. The summed E-state index contributed by atoms with van der Waals surface area (Å²) in [4.78, 5) is 22.4. The number of sulfonamides is 1. The second-order valence-electron chi connectivity index (χ2n) is 4.69. The number of carboxylic acid groups (broad SMARTS) is 1. The summed E-state index contributed by atoms with van der Waals surface area (Å²) in [5.74, 6) is -1.32. The van der Waals surface area contributed by atoms with E-state index in [1.54, 1.807) is 13.0 Å². The van der Waals surface area contributed by atoms with Gasteiger partial charge in [0.2, 0.25) is 5.91 Å². The largest absolute Gasteiger partial charge is 0.480 e. The summed E-state index contributed by atoms with van der Waals surface area (Å²) in [6.45, 7) is 3.25. The van der Waals surface area contributed by atoms with Crippen molar-refractivity contribution in [3.63, 3.8) is 0 Å². The van der Waals surface area contributed by atoms with Gasteiger partial charge in [0.05, 0.1) is 0 Å². The molecule has 0 saturated heterocycles. The molecule has 0 spiro atoms. The maximum Gasteiger partial charge on any atom is 0.318 e. The molecule has 0 aliphatic carbocycles. The smallest absolute Gasteiger partial charge is 0.318 e. The molecule has 0 aliphatic rings. The molecule has 9 heteroatoms. The Balaban J connectivity index is 2.85. The monoisotopic (exact) mass is 348 g/mol. The number of amides is 1. The number of nitrogens with one attached hydrogen (secondary N) is 1. The lowest BCUT2D eigenvalue weighted by Crippen LogP contribution is -2.35. The van der Waals surface area contributed by atoms with Crippen LogP contribution in [0.4, 0.5) is 0 Å². The maximum atomic E-state index is 12.5. The molecule has 1 amide bonds. The van der Waals surface area contributed by atoms with Gasteiger partial charge in [0, 0.05) is 24.9 Å². The topological polar surface area (TPSA) is 104 Å². The van der Waals surface area contributed by atoms with Crippen LogP contribution in [0.3, 0.4) is 0 Å². The van der Waals surface area contributed by atoms with E-state index < -0.39 is 22.5 Å². The molecule has 0 aromatic carbocycles. The first-order chi connectivity index (χ1) is 10.3. The van der Waals surface area contributed by atoms with Gasteiger partial charge >= 0.3 is 5.97 Å². The van der Waals surface area contributed by atoms with Crippen LogP contribution in [0.5, 0.6) is 0 Å². The Kier molecular flexibility index (Phi) is 6.98. The van der Waals surface area contributed by atoms with E-state index in [1.165, 1.54) is 13.0 Å². The van der Waals surface area contributed by atoms with Gasteiger partial charge in [0.1, 0.15) is 10.8 Å². The lowest BCUT2D eigenvalue weighted by atomic mass is 10.3. The van der Waals surface area contributed by atoms with Crippen LogP contribution in [0, 0.1) is 0 Å². The maximum absolute atomic E-state index is 12.5. The molecule has 0 saturated carbocycles. The number of carbonyl (C=O) groups excluding carboxylic acids is 1. The van der Waals surface area contributed by atoms with Crippen molar-refractivity contribution in [2.24, 2.45) is 0 Å². The number of carbonyl (C=O) groups is 2. The molecular formula is C13H20N2O5S2. The number of thiophene rings is 1. The third kappa shape index (κ3) is 5.39. The van der Waals surface area contributed by atoms with Crippen LogP contribution in [0.15, 0.2) is 16.3 Å². The molecule has 22 heavy (non-hydrogen) atoms. The predicted molar refractivity (Wildman–Crippen MR) is 83.4 cm³/mol. The average Bonchev–Trinajstić information content (AvgIpc) is 2.87.